The third kappa shape index (κ3) is 2.84. The number of hydrogen-bond donors (Lipinski definition) is 1. The number of aromatic nitrogens is 3. The Hall–Kier alpha value is -2.66. The number of halogens is 1. The van der Waals surface area contributed by atoms with Gasteiger partial charge in [-0.25, -0.2) is 4.68 Å². The van der Waals surface area contributed by atoms with E-state index in [1.165, 1.54) is 4.68 Å². The summed E-state index contributed by atoms with van der Waals surface area (Å²) in [5, 5.41) is 8.45. The average Bonchev–Trinajstić information content (AvgIpc) is 2.89. The molecular weight excluding hydrogens is 300 g/mol. The molecule has 2 aromatic carbocycles. The van der Waals surface area contributed by atoms with Crippen LogP contribution < -0.4 is 5.73 Å². The number of nitrogens with zero attached hydrogens (tertiary/aromatic N) is 3. The largest absolute Gasteiger partial charge is 0.382 e. The molecule has 110 valence electrons. The molecule has 0 saturated heterocycles. The van der Waals surface area contributed by atoms with E-state index in [9.17, 15) is 4.79 Å². The first-order valence-electron chi connectivity index (χ1n) is 6.68. The molecule has 6 heteroatoms. The van der Waals surface area contributed by atoms with Gasteiger partial charge in [-0.2, -0.15) is 0 Å². The summed E-state index contributed by atoms with van der Waals surface area (Å²) < 4.78 is 1.51. The van der Waals surface area contributed by atoms with Crippen molar-refractivity contribution in [2.75, 3.05) is 5.73 Å². The summed E-state index contributed by atoms with van der Waals surface area (Å²) in [6, 6.07) is 16.3. The van der Waals surface area contributed by atoms with E-state index in [1.54, 1.807) is 24.3 Å². The second-order valence-corrected chi connectivity index (χ2v) is 5.24. The fourth-order valence-electron chi connectivity index (χ4n) is 2.09. The van der Waals surface area contributed by atoms with Gasteiger partial charge in [-0.15, -0.1) is 5.10 Å². The molecule has 1 aromatic heterocycles. The minimum Gasteiger partial charge on any atom is -0.382 e. The van der Waals surface area contributed by atoms with Crippen LogP contribution in [0.2, 0.25) is 5.02 Å². The summed E-state index contributed by atoms with van der Waals surface area (Å²) in [5.41, 5.74) is 7.67. The molecule has 0 spiro atoms. The third-order valence-electron chi connectivity index (χ3n) is 3.27. The van der Waals surface area contributed by atoms with Gasteiger partial charge in [-0.05, 0) is 29.8 Å². The maximum atomic E-state index is 12.4. The van der Waals surface area contributed by atoms with Crippen molar-refractivity contribution < 1.29 is 4.79 Å². The molecule has 22 heavy (non-hydrogen) atoms. The zero-order valence-electron chi connectivity index (χ0n) is 11.6. The molecule has 0 atom stereocenters. The second-order valence-electron chi connectivity index (χ2n) is 4.80. The molecule has 0 radical (unpaired) electrons. The third-order valence-corrected chi connectivity index (χ3v) is 3.52. The summed E-state index contributed by atoms with van der Waals surface area (Å²) in [7, 11) is 0. The molecule has 3 aromatic rings. The van der Waals surface area contributed by atoms with Crippen molar-refractivity contribution in [2.45, 2.75) is 6.54 Å². The van der Waals surface area contributed by atoms with Crippen molar-refractivity contribution >= 4 is 23.2 Å². The lowest BCUT2D eigenvalue weighted by Gasteiger charge is -2.03. The fourth-order valence-corrected chi connectivity index (χ4v) is 2.22. The number of ketones is 1. The van der Waals surface area contributed by atoms with Gasteiger partial charge in [-0.1, -0.05) is 47.1 Å². The number of benzene rings is 2. The number of hydrogen-bond acceptors (Lipinski definition) is 4. The van der Waals surface area contributed by atoms with E-state index in [0.717, 1.165) is 5.56 Å². The minimum atomic E-state index is -0.270. The molecule has 0 amide bonds. The quantitative estimate of drug-likeness (QED) is 0.752. The molecule has 0 aliphatic heterocycles. The van der Waals surface area contributed by atoms with Crippen LogP contribution in [0.25, 0.3) is 0 Å². The van der Waals surface area contributed by atoms with Gasteiger partial charge >= 0.3 is 0 Å². The van der Waals surface area contributed by atoms with Crippen molar-refractivity contribution in [2.24, 2.45) is 0 Å². The zero-order chi connectivity index (χ0) is 15.5. The molecule has 0 bridgehead atoms. The van der Waals surface area contributed by atoms with E-state index in [4.69, 9.17) is 17.3 Å². The number of nitrogen functional groups attached to an aromatic ring is 1. The van der Waals surface area contributed by atoms with Crippen molar-refractivity contribution in [1.29, 1.82) is 0 Å². The Morgan fingerprint density at radius 3 is 2.45 bits per heavy atom. The highest BCUT2D eigenvalue weighted by Crippen LogP contribution is 2.17. The smallest absolute Gasteiger partial charge is 0.217 e. The lowest BCUT2D eigenvalue weighted by Crippen LogP contribution is -2.09. The highest BCUT2D eigenvalue weighted by molar-refractivity contribution is 6.30. The summed E-state index contributed by atoms with van der Waals surface area (Å²) in [6.45, 7) is 0.466. The highest BCUT2D eigenvalue weighted by Gasteiger charge is 2.19. The minimum absolute atomic E-state index is 0.151. The van der Waals surface area contributed by atoms with Gasteiger partial charge in [-0.3, -0.25) is 4.79 Å². The molecule has 3 rings (SSSR count). The summed E-state index contributed by atoms with van der Waals surface area (Å²) in [5.74, 6) is -0.0164. The van der Waals surface area contributed by atoms with Crippen LogP contribution >= 0.6 is 11.6 Å². The predicted octanol–water partition coefficient (Wildman–Crippen LogP) is 2.79. The monoisotopic (exact) mass is 312 g/mol. The molecular formula is C16H13ClN4O. The van der Waals surface area contributed by atoms with E-state index in [0.29, 0.717) is 17.1 Å². The van der Waals surface area contributed by atoms with Crippen LogP contribution in [0.5, 0.6) is 0 Å². The van der Waals surface area contributed by atoms with E-state index in [1.807, 2.05) is 30.3 Å². The fraction of sp³-hybridized carbons (Fsp3) is 0.0625. The number of carbonyl (C=O) groups excluding carboxylic acids is 1. The van der Waals surface area contributed by atoms with Crippen molar-refractivity contribution in [1.82, 2.24) is 15.0 Å². The van der Waals surface area contributed by atoms with E-state index < -0.39 is 0 Å². The maximum absolute atomic E-state index is 12.4. The Labute approximate surface area is 132 Å². The van der Waals surface area contributed by atoms with E-state index in [-0.39, 0.29) is 17.3 Å². The molecule has 0 fully saturated rings. The number of rotatable bonds is 4. The first kappa shape index (κ1) is 14.3. The van der Waals surface area contributed by atoms with E-state index >= 15 is 0 Å². The average molecular weight is 313 g/mol. The van der Waals surface area contributed by atoms with Gasteiger partial charge in [0.25, 0.3) is 0 Å². The van der Waals surface area contributed by atoms with Crippen molar-refractivity contribution in [3.8, 4) is 0 Å². The van der Waals surface area contributed by atoms with Gasteiger partial charge < -0.3 is 5.73 Å². The summed E-state index contributed by atoms with van der Waals surface area (Å²) >= 11 is 5.82. The SMILES string of the molecule is Nc1c(C(=O)c2ccc(Cl)cc2)nnn1Cc1ccccc1. The molecule has 0 aliphatic rings. The number of nitrogens with two attached hydrogens (primary N) is 1. The Morgan fingerprint density at radius 2 is 1.77 bits per heavy atom. The zero-order valence-corrected chi connectivity index (χ0v) is 12.4. The first-order valence-corrected chi connectivity index (χ1v) is 7.06. The number of anilines is 1. The van der Waals surface area contributed by atoms with Crippen molar-refractivity contribution in [3.63, 3.8) is 0 Å². The van der Waals surface area contributed by atoms with Crippen LogP contribution in [0.1, 0.15) is 21.6 Å². The molecule has 0 unspecified atom stereocenters. The van der Waals surface area contributed by atoms with Gasteiger partial charge in [0, 0.05) is 10.6 Å². The van der Waals surface area contributed by atoms with Crippen LogP contribution in [-0.4, -0.2) is 20.8 Å². The Kier molecular flexibility index (Phi) is 3.89. The van der Waals surface area contributed by atoms with Gasteiger partial charge in [0.05, 0.1) is 6.54 Å². The Morgan fingerprint density at radius 1 is 1.09 bits per heavy atom. The second kappa shape index (κ2) is 5.99. The molecule has 0 aliphatic carbocycles. The Balaban J connectivity index is 1.87. The highest BCUT2D eigenvalue weighted by atomic mass is 35.5. The maximum Gasteiger partial charge on any atom is 0.217 e. The van der Waals surface area contributed by atoms with Crippen LogP contribution in [0.4, 0.5) is 5.82 Å². The van der Waals surface area contributed by atoms with E-state index in [2.05, 4.69) is 10.3 Å². The van der Waals surface area contributed by atoms with Crippen LogP contribution in [-0.2, 0) is 6.54 Å². The number of carbonyl (C=O) groups is 1. The van der Waals surface area contributed by atoms with Crippen LogP contribution in [0.15, 0.2) is 54.6 Å². The topological polar surface area (TPSA) is 73.8 Å². The Bertz CT molecular complexity index is 797. The molecule has 1 heterocycles. The lowest BCUT2D eigenvalue weighted by atomic mass is 10.1. The van der Waals surface area contributed by atoms with Gasteiger partial charge in [0.1, 0.15) is 0 Å². The summed E-state index contributed by atoms with van der Waals surface area (Å²) in [4.78, 5) is 12.4. The molecule has 2 N–H and O–H groups in total. The van der Waals surface area contributed by atoms with Gasteiger partial charge in [0.15, 0.2) is 11.5 Å². The first-order chi connectivity index (χ1) is 10.6. The molecule has 5 nitrogen and oxygen atoms in total. The lowest BCUT2D eigenvalue weighted by molar-refractivity contribution is 0.103. The predicted molar refractivity (Wildman–Crippen MR) is 84.9 cm³/mol. The van der Waals surface area contributed by atoms with Gasteiger partial charge in [0.2, 0.25) is 5.78 Å². The standard InChI is InChI=1S/C16H13ClN4O/c17-13-8-6-12(7-9-13)15(22)14-16(18)21(20-19-14)10-11-4-2-1-3-5-11/h1-9H,10,18H2. The van der Waals surface area contributed by atoms with Crippen molar-refractivity contribution in [3.05, 3.63) is 76.4 Å². The normalized spacial score (nSPS) is 10.6. The van der Waals surface area contributed by atoms with Crippen LogP contribution in [0, 0.1) is 0 Å². The summed E-state index contributed by atoms with van der Waals surface area (Å²) in [6.07, 6.45) is 0. The van der Waals surface area contributed by atoms with Crippen LogP contribution in [0.3, 0.4) is 0 Å². The molecule has 0 saturated carbocycles.